The molecule has 0 unspecified atom stereocenters. The zero-order valence-electron chi connectivity index (χ0n) is 37.8. The van der Waals surface area contributed by atoms with Crippen LogP contribution in [0.4, 0.5) is 0 Å². The first kappa shape index (κ1) is 39.7. The minimum atomic E-state index is 0.671. The van der Waals surface area contributed by atoms with E-state index in [1.165, 1.54) is 21.8 Å². The highest BCUT2D eigenvalue weighted by Gasteiger charge is 2.22. The van der Waals surface area contributed by atoms with Gasteiger partial charge in [-0.05, 0) is 65.2 Å². The molecule has 0 fully saturated rings. The van der Waals surface area contributed by atoms with Crippen molar-refractivity contribution >= 4 is 65.4 Å². The molecule has 326 valence electrons. The maximum absolute atomic E-state index is 6.64. The standard InChI is InChI=1S/C65H40N4O/c1-3-16-43(17-4-1)55-40-56(47-20-15-21-48(38-47)69-57-27-12-8-22-49(57)50-23-9-13-28-58(50)69)68-65(67-55)46-36-32-42(33-37-46)41-30-34-44(35-31-41)61-62-51-24-7-11-26-54(51)66-64(45-18-5-2-6-19-45)53(62)39-60-63(61)52-25-10-14-29-59(52)70-60/h1-40H. The molecule has 0 amide bonds. The van der Waals surface area contributed by atoms with Gasteiger partial charge in [0, 0.05) is 71.2 Å². The van der Waals surface area contributed by atoms with Crippen LogP contribution < -0.4 is 0 Å². The molecule has 14 aromatic rings. The van der Waals surface area contributed by atoms with E-state index < -0.39 is 0 Å². The molecule has 5 heteroatoms. The van der Waals surface area contributed by atoms with E-state index in [1.807, 2.05) is 18.2 Å². The molecule has 4 heterocycles. The second kappa shape index (κ2) is 16.1. The summed E-state index contributed by atoms with van der Waals surface area (Å²) in [6.07, 6.45) is 0. The summed E-state index contributed by atoms with van der Waals surface area (Å²) in [6.45, 7) is 0. The molecule has 5 nitrogen and oxygen atoms in total. The normalized spacial score (nSPS) is 11.7. The topological polar surface area (TPSA) is 56.7 Å². The average molecular weight is 893 g/mol. The van der Waals surface area contributed by atoms with Crippen LogP contribution in [0.3, 0.4) is 0 Å². The maximum atomic E-state index is 6.64. The predicted octanol–water partition coefficient (Wildman–Crippen LogP) is 17.2. The van der Waals surface area contributed by atoms with Gasteiger partial charge in [-0.25, -0.2) is 15.0 Å². The van der Waals surface area contributed by atoms with E-state index in [-0.39, 0.29) is 0 Å². The molecular formula is C65H40N4O. The van der Waals surface area contributed by atoms with Crippen LogP contribution in [0.2, 0.25) is 0 Å². The molecule has 0 radical (unpaired) electrons. The molecule has 0 atom stereocenters. The van der Waals surface area contributed by atoms with Crippen molar-refractivity contribution in [3.8, 4) is 73.1 Å². The fourth-order valence-corrected chi connectivity index (χ4v) is 10.5. The predicted molar refractivity (Wildman–Crippen MR) is 289 cm³/mol. The molecule has 10 aromatic carbocycles. The molecule has 0 aliphatic heterocycles. The van der Waals surface area contributed by atoms with Gasteiger partial charge in [-0.3, -0.25) is 0 Å². The number of hydrogen-bond acceptors (Lipinski definition) is 4. The van der Waals surface area contributed by atoms with Crippen molar-refractivity contribution in [2.24, 2.45) is 0 Å². The Morgan fingerprint density at radius 1 is 0.314 bits per heavy atom. The van der Waals surface area contributed by atoms with E-state index in [9.17, 15) is 0 Å². The lowest BCUT2D eigenvalue weighted by Crippen LogP contribution is -1.98. The molecule has 0 spiro atoms. The summed E-state index contributed by atoms with van der Waals surface area (Å²) in [5.41, 5.74) is 17.3. The number of hydrogen-bond donors (Lipinski definition) is 0. The van der Waals surface area contributed by atoms with Crippen molar-refractivity contribution < 1.29 is 4.42 Å². The van der Waals surface area contributed by atoms with Crippen LogP contribution in [0, 0.1) is 0 Å². The van der Waals surface area contributed by atoms with E-state index in [0.717, 1.165) is 111 Å². The number of nitrogens with zero attached hydrogens (tertiary/aromatic N) is 4. The van der Waals surface area contributed by atoms with Gasteiger partial charge in [0.2, 0.25) is 0 Å². The Kier molecular flexibility index (Phi) is 9.14. The van der Waals surface area contributed by atoms with E-state index in [1.54, 1.807) is 0 Å². The Morgan fingerprint density at radius 2 is 0.857 bits per heavy atom. The van der Waals surface area contributed by atoms with Gasteiger partial charge in [0.25, 0.3) is 0 Å². The first-order chi connectivity index (χ1) is 34.7. The van der Waals surface area contributed by atoms with Crippen molar-refractivity contribution in [2.45, 2.75) is 0 Å². The van der Waals surface area contributed by atoms with E-state index >= 15 is 0 Å². The Balaban J connectivity index is 0.867. The van der Waals surface area contributed by atoms with E-state index in [4.69, 9.17) is 19.4 Å². The number of rotatable bonds is 7. The summed E-state index contributed by atoms with van der Waals surface area (Å²) in [6, 6.07) is 85.5. The lowest BCUT2D eigenvalue weighted by molar-refractivity contribution is 0.669. The smallest absolute Gasteiger partial charge is 0.160 e. The molecule has 4 aromatic heterocycles. The van der Waals surface area contributed by atoms with Crippen molar-refractivity contribution in [3.05, 3.63) is 243 Å². The maximum Gasteiger partial charge on any atom is 0.160 e. The summed E-state index contributed by atoms with van der Waals surface area (Å²) >= 11 is 0. The van der Waals surface area contributed by atoms with Gasteiger partial charge < -0.3 is 8.98 Å². The first-order valence-corrected chi connectivity index (χ1v) is 23.7. The van der Waals surface area contributed by atoms with Crippen LogP contribution in [-0.4, -0.2) is 19.5 Å². The second-order valence-corrected chi connectivity index (χ2v) is 17.9. The van der Waals surface area contributed by atoms with E-state index in [0.29, 0.717) is 5.82 Å². The number of aromatic nitrogens is 4. The number of benzene rings is 10. The van der Waals surface area contributed by atoms with Gasteiger partial charge in [0.05, 0.1) is 33.6 Å². The van der Waals surface area contributed by atoms with Crippen LogP contribution in [-0.2, 0) is 0 Å². The zero-order chi connectivity index (χ0) is 46.1. The molecule has 0 aliphatic rings. The fraction of sp³-hybridized carbons (Fsp3) is 0. The van der Waals surface area contributed by atoms with Crippen molar-refractivity contribution in [2.75, 3.05) is 0 Å². The average Bonchev–Trinajstić information content (AvgIpc) is 3.98. The van der Waals surface area contributed by atoms with Crippen LogP contribution in [0.25, 0.3) is 139 Å². The van der Waals surface area contributed by atoms with Crippen LogP contribution in [0.5, 0.6) is 0 Å². The van der Waals surface area contributed by atoms with Crippen molar-refractivity contribution in [1.29, 1.82) is 0 Å². The zero-order valence-corrected chi connectivity index (χ0v) is 37.8. The summed E-state index contributed by atoms with van der Waals surface area (Å²) in [7, 11) is 0. The fourth-order valence-electron chi connectivity index (χ4n) is 10.5. The molecular weight excluding hydrogens is 853 g/mol. The Labute approximate surface area is 403 Å². The molecule has 0 saturated carbocycles. The largest absolute Gasteiger partial charge is 0.456 e. The number of para-hydroxylation sites is 4. The second-order valence-electron chi connectivity index (χ2n) is 17.9. The summed E-state index contributed by atoms with van der Waals surface area (Å²) in [4.78, 5) is 15.7. The monoisotopic (exact) mass is 892 g/mol. The van der Waals surface area contributed by atoms with E-state index in [2.05, 4.69) is 229 Å². The molecule has 70 heavy (non-hydrogen) atoms. The van der Waals surface area contributed by atoms with Crippen LogP contribution in [0.1, 0.15) is 0 Å². The molecule has 0 aliphatic carbocycles. The van der Waals surface area contributed by atoms with Crippen molar-refractivity contribution in [1.82, 2.24) is 19.5 Å². The van der Waals surface area contributed by atoms with Crippen molar-refractivity contribution in [3.63, 3.8) is 0 Å². The quantitative estimate of drug-likeness (QED) is 0.150. The van der Waals surface area contributed by atoms with Gasteiger partial charge >= 0.3 is 0 Å². The first-order valence-electron chi connectivity index (χ1n) is 23.7. The van der Waals surface area contributed by atoms with Crippen LogP contribution >= 0.6 is 0 Å². The highest BCUT2D eigenvalue weighted by Crippen LogP contribution is 2.46. The highest BCUT2D eigenvalue weighted by atomic mass is 16.3. The summed E-state index contributed by atoms with van der Waals surface area (Å²) < 4.78 is 8.99. The third-order valence-corrected chi connectivity index (χ3v) is 13.8. The summed E-state index contributed by atoms with van der Waals surface area (Å²) in [5, 5.41) is 7.99. The molecule has 14 rings (SSSR count). The van der Waals surface area contributed by atoms with Crippen LogP contribution in [0.15, 0.2) is 247 Å². The molecule has 0 N–H and O–H groups in total. The Morgan fingerprint density at radius 3 is 1.56 bits per heavy atom. The third kappa shape index (κ3) is 6.51. The number of pyridine rings is 1. The number of fused-ring (bicyclic) bond motifs is 9. The molecule has 0 saturated heterocycles. The van der Waals surface area contributed by atoms with Gasteiger partial charge in [0.15, 0.2) is 5.82 Å². The minimum Gasteiger partial charge on any atom is -0.456 e. The van der Waals surface area contributed by atoms with Gasteiger partial charge in [-0.15, -0.1) is 0 Å². The van der Waals surface area contributed by atoms with Gasteiger partial charge in [-0.2, -0.15) is 0 Å². The Bertz CT molecular complexity index is 4270. The molecule has 0 bridgehead atoms. The van der Waals surface area contributed by atoms with Gasteiger partial charge in [0.1, 0.15) is 11.2 Å². The highest BCUT2D eigenvalue weighted by molar-refractivity contribution is 6.27. The summed E-state index contributed by atoms with van der Waals surface area (Å²) in [5.74, 6) is 0.671. The lowest BCUT2D eigenvalue weighted by atomic mass is 9.89. The minimum absolute atomic E-state index is 0.671. The van der Waals surface area contributed by atoms with Gasteiger partial charge in [-0.1, -0.05) is 194 Å². The lowest BCUT2D eigenvalue weighted by Gasteiger charge is -2.16. The third-order valence-electron chi connectivity index (χ3n) is 13.8. The SMILES string of the molecule is c1ccc(-c2cc(-c3cccc(-n4c5ccccc5c5ccccc54)c3)nc(-c3ccc(-c4ccc(-c5c6c(cc7c(-c8ccccc8)nc8ccccc8c57)oc5ccccc56)cc4)cc3)n2)cc1. The Hall–Kier alpha value is -9.45. The number of furan rings is 1.